The van der Waals surface area contributed by atoms with E-state index < -0.39 is 0 Å². The summed E-state index contributed by atoms with van der Waals surface area (Å²) >= 11 is 0. The van der Waals surface area contributed by atoms with Gasteiger partial charge in [0.1, 0.15) is 11.6 Å². The third-order valence-electron chi connectivity index (χ3n) is 2.97. The van der Waals surface area contributed by atoms with Crippen molar-refractivity contribution in [3.05, 3.63) is 65.5 Å². The number of hydrogen-bond acceptors (Lipinski definition) is 2. The number of rotatable bonds is 5. The molecule has 2 rings (SSSR count). The minimum Gasteiger partial charge on any atom is -0.496 e. The Kier molecular flexibility index (Phi) is 5.15. The largest absolute Gasteiger partial charge is 0.496 e. The summed E-state index contributed by atoms with van der Waals surface area (Å²) in [4.78, 5) is 11.7. The number of methoxy groups -OCH3 is 1. The lowest BCUT2D eigenvalue weighted by atomic mass is 10.2. The number of benzene rings is 2. The molecule has 0 aromatic heterocycles. The van der Waals surface area contributed by atoms with E-state index in [0.29, 0.717) is 12.1 Å². The predicted molar refractivity (Wildman–Crippen MR) is 78.5 cm³/mol. The van der Waals surface area contributed by atoms with Crippen molar-refractivity contribution in [2.24, 2.45) is 0 Å². The number of halogens is 1. The van der Waals surface area contributed by atoms with Crippen LogP contribution in [0.5, 0.6) is 5.75 Å². The summed E-state index contributed by atoms with van der Waals surface area (Å²) in [5, 5.41) is 5.41. The first-order valence-electron chi connectivity index (χ1n) is 6.57. The van der Waals surface area contributed by atoms with Gasteiger partial charge in [-0.1, -0.05) is 30.3 Å². The van der Waals surface area contributed by atoms with E-state index in [0.717, 1.165) is 11.3 Å². The highest BCUT2D eigenvalue weighted by Gasteiger charge is 2.04. The van der Waals surface area contributed by atoms with Gasteiger partial charge in [-0.3, -0.25) is 0 Å². The molecule has 2 N–H and O–H groups in total. The van der Waals surface area contributed by atoms with Gasteiger partial charge in [-0.2, -0.15) is 0 Å². The van der Waals surface area contributed by atoms with Crippen molar-refractivity contribution in [3.63, 3.8) is 0 Å². The highest BCUT2D eigenvalue weighted by molar-refractivity contribution is 5.73. The van der Waals surface area contributed by atoms with Gasteiger partial charge >= 0.3 is 6.03 Å². The highest BCUT2D eigenvalue weighted by Crippen LogP contribution is 2.16. The van der Waals surface area contributed by atoms with Crippen LogP contribution in [0.3, 0.4) is 0 Å². The molecule has 0 aliphatic carbocycles. The van der Waals surface area contributed by atoms with Gasteiger partial charge in [0.25, 0.3) is 0 Å². The number of para-hydroxylation sites is 1. The fraction of sp³-hybridized carbons (Fsp3) is 0.188. The van der Waals surface area contributed by atoms with Gasteiger partial charge in [0.05, 0.1) is 7.11 Å². The molecule has 0 spiro atoms. The first-order chi connectivity index (χ1) is 10.2. The highest BCUT2D eigenvalue weighted by atomic mass is 19.1. The van der Waals surface area contributed by atoms with Crippen molar-refractivity contribution in [1.29, 1.82) is 0 Å². The minimum atomic E-state index is -0.316. The van der Waals surface area contributed by atoms with Crippen molar-refractivity contribution >= 4 is 6.03 Å². The molecule has 2 aromatic carbocycles. The molecule has 0 fully saturated rings. The predicted octanol–water partition coefficient (Wildman–Crippen LogP) is 2.83. The summed E-state index contributed by atoms with van der Waals surface area (Å²) in [5.74, 6) is 0.409. The quantitative estimate of drug-likeness (QED) is 0.889. The molecule has 21 heavy (non-hydrogen) atoms. The van der Waals surface area contributed by atoms with E-state index in [4.69, 9.17) is 4.74 Å². The topological polar surface area (TPSA) is 50.4 Å². The number of urea groups is 1. The van der Waals surface area contributed by atoms with E-state index in [9.17, 15) is 9.18 Å². The Balaban J connectivity index is 1.82. The molecule has 0 saturated heterocycles. The van der Waals surface area contributed by atoms with Gasteiger partial charge in [-0.15, -0.1) is 0 Å². The van der Waals surface area contributed by atoms with Crippen LogP contribution in [0.15, 0.2) is 48.5 Å². The maximum absolute atomic E-state index is 13.0. The Bertz CT molecular complexity index is 617. The summed E-state index contributed by atoms with van der Waals surface area (Å²) in [5.41, 5.74) is 1.60. The Hall–Kier alpha value is -2.56. The van der Waals surface area contributed by atoms with Crippen molar-refractivity contribution in [1.82, 2.24) is 10.6 Å². The van der Waals surface area contributed by atoms with Gasteiger partial charge in [0.2, 0.25) is 0 Å². The monoisotopic (exact) mass is 288 g/mol. The van der Waals surface area contributed by atoms with Gasteiger partial charge in [0, 0.05) is 18.7 Å². The van der Waals surface area contributed by atoms with Crippen molar-refractivity contribution in [3.8, 4) is 5.75 Å². The molecule has 0 bridgehead atoms. The lowest BCUT2D eigenvalue weighted by molar-refractivity contribution is 0.240. The van der Waals surface area contributed by atoms with Crippen molar-refractivity contribution in [2.45, 2.75) is 13.1 Å². The van der Waals surface area contributed by atoms with Gasteiger partial charge in [-0.05, 0) is 23.8 Å². The third kappa shape index (κ3) is 4.49. The zero-order valence-electron chi connectivity index (χ0n) is 11.7. The van der Waals surface area contributed by atoms with Crippen LogP contribution in [0.2, 0.25) is 0 Å². The molecule has 0 heterocycles. The second-order valence-electron chi connectivity index (χ2n) is 4.48. The van der Waals surface area contributed by atoms with Crippen molar-refractivity contribution < 1.29 is 13.9 Å². The minimum absolute atomic E-state index is 0.273. The molecule has 110 valence electrons. The van der Waals surface area contributed by atoms with Crippen LogP contribution in [0.4, 0.5) is 9.18 Å². The summed E-state index contributed by atoms with van der Waals surface area (Å²) in [7, 11) is 1.59. The molecule has 2 aromatic rings. The Labute approximate surface area is 122 Å². The van der Waals surface area contributed by atoms with Crippen LogP contribution < -0.4 is 15.4 Å². The normalized spacial score (nSPS) is 10.0. The van der Waals surface area contributed by atoms with E-state index in [1.54, 1.807) is 19.2 Å². The van der Waals surface area contributed by atoms with Crippen LogP contribution in [-0.4, -0.2) is 13.1 Å². The average molecular weight is 288 g/mol. The second-order valence-corrected chi connectivity index (χ2v) is 4.48. The standard InChI is InChI=1S/C16H17FN2O2/c1-21-15-8-3-2-6-13(15)11-19-16(20)18-10-12-5-4-7-14(17)9-12/h2-9H,10-11H2,1H3,(H2,18,19,20). The first kappa shape index (κ1) is 14.8. The Morgan fingerprint density at radius 2 is 1.86 bits per heavy atom. The van der Waals surface area contributed by atoms with Crippen LogP contribution in [0.25, 0.3) is 0 Å². The smallest absolute Gasteiger partial charge is 0.315 e. The summed E-state index contributed by atoms with van der Waals surface area (Å²) < 4.78 is 18.2. The molecule has 2 amide bonds. The molecule has 0 aliphatic heterocycles. The van der Waals surface area contributed by atoms with Gasteiger partial charge in [0.15, 0.2) is 0 Å². The van der Waals surface area contributed by atoms with Gasteiger partial charge < -0.3 is 15.4 Å². The molecule has 4 nitrogen and oxygen atoms in total. The molecule has 0 atom stereocenters. The van der Waals surface area contributed by atoms with E-state index in [-0.39, 0.29) is 18.4 Å². The second kappa shape index (κ2) is 7.28. The molecular weight excluding hydrogens is 271 g/mol. The Morgan fingerprint density at radius 3 is 2.62 bits per heavy atom. The lowest BCUT2D eigenvalue weighted by Crippen LogP contribution is -2.34. The van der Waals surface area contributed by atoms with Crippen LogP contribution in [0, 0.1) is 5.82 Å². The van der Waals surface area contributed by atoms with E-state index in [2.05, 4.69) is 10.6 Å². The molecule has 0 aliphatic rings. The number of amides is 2. The fourth-order valence-electron chi connectivity index (χ4n) is 1.92. The average Bonchev–Trinajstić information content (AvgIpc) is 2.51. The maximum Gasteiger partial charge on any atom is 0.315 e. The molecule has 0 unspecified atom stereocenters. The molecule has 0 radical (unpaired) electrons. The number of carbonyl (C=O) groups is 1. The molecule has 0 saturated carbocycles. The van der Waals surface area contributed by atoms with Gasteiger partial charge in [-0.25, -0.2) is 9.18 Å². The summed E-state index contributed by atoms with van der Waals surface area (Å²) in [6.45, 7) is 0.633. The number of carbonyl (C=O) groups excluding carboxylic acids is 1. The molecular formula is C16H17FN2O2. The van der Waals surface area contributed by atoms with Crippen molar-refractivity contribution in [2.75, 3.05) is 7.11 Å². The lowest BCUT2D eigenvalue weighted by Gasteiger charge is -2.10. The zero-order valence-corrected chi connectivity index (χ0v) is 11.7. The first-order valence-corrected chi connectivity index (χ1v) is 6.57. The number of hydrogen-bond donors (Lipinski definition) is 2. The van der Waals surface area contributed by atoms with E-state index in [1.165, 1.54) is 12.1 Å². The van der Waals surface area contributed by atoms with E-state index >= 15 is 0 Å². The van der Waals surface area contributed by atoms with Crippen LogP contribution in [-0.2, 0) is 13.1 Å². The SMILES string of the molecule is COc1ccccc1CNC(=O)NCc1cccc(F)c1. The maximum atomic E-state index is 13.0. The van der Waals surface area contributed by atoms with E-state index in [1.807, 2.05) is 24.3 Å². The number of nitrogens with one attached hydrogen (secondary N) is 2. The fourth-order valence-corrected chi connectivity index (χ4v) is 1.92. The molecule has 5 heteroatoms. The van der Waals surface area contributed by atoms with Crippen LogP contribution >= 0.6 is 0 Å². The Morgan fingerprint density at radius 1 is 1.10 bits per heavy atom. The van der Waals surface area contributed by atoms with Crippen LogP contribution in [0.1, 0.15) is 11.1 Å². The number of ether oxygens (including phenoxy) is 1. The third-order valence-corrected chi connectivity index (χ3v) is 2.97. The zero-order chi connectivity index (χ0) is 15.1. The summed E-state index contributed by atoms with van der Waals surface area (Å²) in [6.07, 6.45) is 0. The summed E-state index contributed by atoms with van der Waals surface area (Å²) in [6, 6.07) is 13.3.